The molecule has 0 fully saturated rings. The summed E-state index contributed by atoms with van der Waals surface area (Å²) in [5, 5.41) is 11.3. The molecule has 0 saturated heterocycles. The monoisotopic (exact) mass is 340 g/mol. The fourth-order valence-electron chi connectivity index (χ4n) is 1.79. The molecule has 1 aromatic carbocycles. The van der Waals surface area contributed by atoms with E-state index in [0.29, 0.717) is 18.5 Å². The molecular formula is C17H19F3N2O2. The number of carbonyl (C=O) groups excluding carboxylic acids is 1. The summed E-state index contributed by atoms with van der Waals surface area (Å²) in [5.41, 5.74) is -1.62. The molecule has 130 valence electrons. The SMILES string of the molecule is CC(C)(C)OC(=O)NCCC=Cc1ccc(C#N)c(C(F)(F)F)c1. The topological polar surface area (TPSA) is 62.1 Å². The number of halogens is 3. The number of nitriles is 1. The van der Waals surface area contributed by atoms with Crippen molar-refractivity contribution in [2.45, 2.75) is 39.0 Å². The van der Waals surface area contributed by atoms with Crippen LogP contribution in [0.3, 0.4) is 0 Å². The zero-order valence-electron chi connectivity index (χ0n) is 13.7. The quantitative estimate of drug-likeness (QED) is 0.821. The number of hydrogen-bond donors (Lipinski definition) is 1. The molecule has 1 aromatic rings. The number of amides is 1. The average Bonchev–Trinajstić information content (AvgIpc) is 2.44. The molecule has 0 aliphatic heterocycles. The third kappa shape index (κ3) is 6.73. The van der Waals surface area contributed by atoms with Crippen molar-refractivity contribution < 1.29 is 22.7 Å². The third-order valence-electron chi connectivity index (χ3n) is 2.76. The van der Waals surface area contributed by atoms with E-state index in [1.807, 2.05) is 0 Å². The molecule has 0 saturated carbocycles. The van der Waals surface area contributed by atoms with Gasteiger partial charge in [-0.2, -0.15) is 18.4 Å². The summed E-state index contributed by atoms with van der Waals surface area (Å²) in [7, 11) is 0. The number of carbonyl (C=O) groups is 1. The second-order valence-corrected chi connectivity index (χ2v) is 6.03. The van der Waals surface area contributed by atoms with Gasteiger partial charge >= 0.3 is 12.3 Å². The number of alkyl halides is 3. The van der Waals surface area contributed by atoms with E-state index in [2.05, 4.69) is 5.32 Å². The third-order valence-corrected chi connectivity index (χ3v) is 2.76. The van der Waals surface area contributed by atoms with Crippen LogP contribution in [-0.2, 0) is 10.9 Å². The van der Waals surface area contributed by atoms with E-state index >= 15 is 0 Å². The van der Waals surface area contributed by atoms with Crippen LogP contribution in [0.1, 0.15) is 43.9 Å². The van der Waals surface area contributed by atoms with Gasteiger partial charge in [-0.25, -0.2) is 4.79 Å². The van der Waals surface area contributed by atoms with Crippen LogP contribution in [0.2, 0.25) is 0 Å². The maximum Gasteiger partial charge on any atom is 0.417 e. The Morgan fingerprint density at radius 3 is 2.54 bits per heavy atom. The molecule has 0 aromatic heterocycles. The number of benzene rings is 1. The first-order valence-corrected chi connectivity index (χ1v) is 7.27. The summed E-state index contributed by atoms with van der Waals surface area (Å²) in [6.45, 7) is 5.54. The van der Waals surface area contributed by atoms with Gasteiger partial charge in [-0.05, 0) is 44.9 Å². The van der Waals surface area contributed by atoms with Gasteiger partial charge in [0.05, 0.1) is 17.2 Å². The minimum absolute atomic E-state index is 0.299. The van der Waals surface area contributed by atoms with Crippen LogP contribution in [0.4, 0.5) is 18.0 Å². The zero-order chi connectivity index (χ0) is 18.4. The van der Waals surface area contributed by atoms with Crippen molar-refractivity contribution in [3.8, 4) is 6.07 Å². The standard InChI is InChI=1S/C17H19F3N2O2/c1-16(2,3)24-15(23)22-9-5-4-6-12-7-8-13(11-21)14(10-12)17(18,19)20/h4,6-8,10H,5,9H2,1-3H3,(H,22,23). The number of rotatable bonds is 4. The molecule has 24 heavy (non-hydrogen) atoms. The van der Waals surface area contributed by atoms with Gasteiger partial charge in [0.15, 0.2) is 0 Å². The lowest BCUT2D eigenvalue weighted by atomic mass is 10.0. The molecule has 0 aliphatic rings. The van der Waals surface area contributed by atoms with Crippen LogP contribution >= 0.6 is 0 Å². The van der Waals surface area contributed by atoms with Crippen LogP contribution in [0.25, 0.3) is 6.08 Å². The Balaban J connectivity index is 2.60. The predicted octanol–water partition coefficient (Wildman–Crippen LogP) is 4.51. The first-order valence-electron chi connectivity index (χ1n) is 7.27. The lowest BCUT2D eigenvalue weighted by Gasteiger charge is -2.19. The van der Waals surface area contributed by atoms with E-state index in [1.54, 1.807) is 26.8 Å². The number of alkyl carbamates (subject to hydrolysis) is 1. The van der Waals surface area contributed by atoms with Crippen molar-refractivity contribution >= 4 is 12.2 Å². The molecule has 1 rings (SSSR count). The molecule has 0 heterocycles. The van der Waals surface area contributed by atoms with Crippen molar-refractivity contribution in [2.24, 2.45) is 0 Å². The first-order chi connectivity index (χ1) is 11.0. The minimum atomic E-state index is -4.58. The van der Waals surface area contributed by atoms with Crippen LogP contribution in [-0.4, -0.2) is 18.2 Å². The molecule has 0 spiro atoms. The predicted molar refractivity (Wildman–Crippen MR) is 84.0 cm³/mol. The molecule has 0 unspecified atom stereocenters. The molecule has 0 aliphatic carbocycles. The van der Waals surface area contributed by atoms with E-state index in [1.165, 1.54) is 18.2 Å². The molecule has 0 bridgehead atoms. The minimum Gasteiger partial charge on any atom is -0.444 e. The highest BCUT2D eigenvalue weighted by Crippen LogP contribution is 2.32. The second kappa shape index (κ2) is 7.86. The molecule has 1 N–H and O–H groups in total. The number of hydrogen-bond acceptors (Lipinski definition) is 3. The number of nitrogens with one attached hydrogen (secondary N) is 1. The van der Waals surface area contributed by atoms with Crippen LogP contribution in [0.5, 0.6) is 0 Å². The van der Waals surface area contributed by atoms with E-state index in [0.717, 1.165) is 12.1 Å². The van der Waals surface area contributed by atoms with Gasteiger partial charge in [-0.3, -0.25) is 0 Å². The van der Waals surface area contributed by atoms with Crippen molar-refractivity contribution in [1.29, 1.82) is 5.26 Å². The van der Waals surface area contributed by atoms with E-state index in [9.17, 15) is 18.0 Å². The van der Waals surface area contributed by atoms with Crippen molar-refractivity contribution in [3.05, 3.63) is 41.0 Å². The van der Waals surface area contributed by atoms with E-state index < -0.39 is 29.0 Å². The van der Waals surface area contributed by atoms with Crippen molar-refractivity contribution in [2.75, 3.05) is 6.54 Å². The Bertz CT molecular complexity index is 653. The fourth-order valence-corrected chi connectivity index (χ4v) is 1.79. The number of ether oxygens (including phenoxy) is 1. The summed E-state index contributed by atoms with van der Waals surface area (Å²) in [6.07, 6.45) is -1.55. The Labute approximate surface area is 138 Å². The highest BCUT2D eigenvalue weighted by Gasteiger charge is 2.33. The Morgan fingerprint density at radius 2 is 2.00 bits per heavy atom. The molecule has 7 heteroatoms. The Morgan fingerprint density at radius 1 is 1.33 bits per heavy atom. The van der Waals surface area contributed by atoms with Crippen molar-refractivity contribution in [3.63, 3.8) is 0 Å². The normalized spacial score (nSPS) is 12.0. The van der Waals surface area contributed by atoms with Crippen LogP contribution in [0, 0.1) is 11.3 Å². The van der Waals surface area contributed by atoms with Gasteiger partial charge in [0.25, 0.3) is 0 Å². The smallest absolute Gasteiger partial charge is 0.417 e. The zero-order valence-corrected chi connectivity index (χ0v) is 13.7. The van der Waals surface area contributed by atoms with Gasteiger partial charge in [-0.1, -0.05) is 18.2 Å². The van der Waals surface area contributed by atoms with Gasteiger partial charge in [0.2, 0.25) is 0 Å². The maximum atomic E-state index is 12.8. The van der Waals surface area contributed by atoms with Gasteiger partial charge in [-0.15, -0.1) is 0 Å². The van der Waals surface area contributed by atoms with Crippen molar-refractivity contribution in [1.82, 2.24) is 5.32 Å². The van der Waals surface area contributed by atoms with Gasteiger partial charge < -0.3 is 10.1 Å². The molecular weight excluding hydrogens is 321 g/mol. The van der Waals surface area contributed by atoms with Gasteiger partial charge in [0.1, 0.15) is 5.60 Å². The lowest BCUT2D eigenvalue weighted by Crippen LogP contribution is -2.32. The fraction of sp³-hybridized carbons (Fsp3) is 0.412. The largest absolute Gasteiger partial charge is 0.444 e. The highest BCUT2D eigenvalue weighted by molar-refractivity contribution is 5.67. The first kappa shape index (κ1) is 19.6. The molecule has 4 nitrogen and oxygen atoms in total. The summed E-state index contributed by atoms with van der Waals surface area (Å²) in [5.74, 6) is 0. The summed E-state index contributed by atoms with van der Waals surface area (Å²) >= 11 is 0. The summed E-state index contributed by atoms with van der Waals surface area (Å²) < 4.78 is 43.6. The average molecular weight is 340 g/mol. The van der Waals surface area contributed by atoms with E-state index in [-0.39, 0.29) is 0 Å². The summed E-state index contributed by atoms with van der Waals surface area (Å²) in [4.78, 5) is 11.4. The van der Waals surface area contributed by atoms with Gasteiger partial charge in [0, 0.05) is 6.54 Å². The molecule has 0 atom stereocenters. The van der Waals surface area contributed by atoms with E-state index in [4.69, 9.17) is 10.00 Å². The highest BCUT2D eigenvalue weighted by atomic mass is 19.4. The van der Waals surface area contributed by atoms with Crippen LogP contribution < -0.4 is 5.32 Å². The lowest BCUT2D eigenvalue weighted by molar-refractivity contribution is -0.137. The Kier molecular flexibility index (Phi) is 6.41. The Hall–Kier alpha value is -2.49. The molecule has 1 amide bonds. The maximum absolute atomic E-state index is 12.8. The van der Waals surface area contributed by atoms with Crippen LogP contribution in [0.15, 0.2) is 24.3 Å². The number of nitrogens with zero attached hydrogens (tertiary/aromatic N) is 1. The summed E-state index contributed by atoms with van der Waals surface area (Å²) in [6, 6.07) is 5.03. The molecule has 0 radical (unpaired) electrons. The second-order valence-electron chi connectivity index (χ2n) is 6.03.